The van der Waals surface area contributed by atoms with Gasteiger partial charge in [-0.05, 0) is 17.1 Å². The Bertz CT molecular complexity index is 644. The van der Waals surface area contributed by atoms with Crippen LogP contribution in [0, 0.1) is 5.92 Å². The molecule has 2 aromatic carbocycles. The predicted octanol–water partition coefficient (Wildman–Crippen LogP) is 6.83. The fraction of sp³-hybridized carbons (Fsp3) is 0.500. The monoisotopic (exact) mass is 382 g/mol. The Labute approximate surface area is 164 Å². The first-order valence-corrected chi connectivity index (χ1v) is 16.7. The minimum absolute atomic E-state index is 0.816. The van der Waals surface area contributed by atoms with Crippen LogP contribution >= 0.6 is 0 Å². The molecule has 0 aliphatic carbocycles. The minimum Gasteiger partial charge on any atom is -0.0691 e. The Morgan fingerprint density at radius 2 is 1.27 bits per heavy atom. The van der Waals surface area contributed by atoms with Gasteiger partial charge in [-0.3, -0.25) is 0 Å². The van der Waals surface area contributed by atoms with Crippen LogP contribution in [0.2, 0.25) is 31.4 Å². The first kappa shape index (κ1) is 21.2. The van der Waals surface area contributed by atoms with E-state index in [-0.39, 0.29) is 0 Å². The molecule has 0 aliphatic rings. The maximum absolute atomic E-state index is 2.65. The maximum Gasteiger partial charge on any atom is 0.0811 e. The number of rotatable bonds is 9. The maximum atomic E-state index is 2.65. The third-order valence-corrected chi connectivity index (χ3v) is 18.0. The molecule has 0 spiro atoms. The highest BCUT2D eigenvalue weighted by Crippen LogP contribution is 2.38. The van der Waals surface area contributed by atoms with E-state index in [1.807, 2.05) is 0 Å². The van der Waals surface area contributed by atoms with Crippen LogP contribution in [0.25, 0.3) is 0 Å². The molecule has 0 aromatic heterocycles. The van der Waals surface area contributed by atoms with E-state index in [0.717, 1.165) is 11.1 Å². The van der Waals surface area contributed by atoms with Crippen LogP contribution < -0.4 is 5.19 Å². The van der Waals surface area contributed by atoms with Gasteiger partial charge in [0.05, 0.1) is 16.1 Å². The lowest BCUT2D eigenvalue weighted by Crippen LogP contribution is -2.56. The normalized spacial score (nSPS) is 13.8. The van der Waals surface area contributed by atoms with Gasteiger partial charge in [0, 0.05) is 0 Å². The molecule has 0 saturated heterocycles. The molecule has 0 saturated carbocycles. The second-order valence-electron chi connectivity index (χ2n) is 9.62. The molecule has 1 atom stereocenters. The highest BCUT2D eigenvalue weighted by atomic mass is 28.4. The standard InChI is InChI=1S/C24H38Si2/c1-21(2)14-13-19-24(26(5,6)23-17-11-8-12-18-23)25(3,4)20-22-15-9-7-10-16-22/h7-12,15-18,21,24H,13-14,19-20H2,1-6H3/t24-/m1/s1. The zero-order chi connectivity index (χ0) is 19.2. The topological polar surface area (TPSA) is 0 Å². The Kier molecular flexibility index (Phi) is 7.48. The summed E-state index contributed by atoms with van der Waals surface area (Å²) in [5, 5.41) is 2.56. The molecule has 2 rings (SSSR count). The van der Waals surface area contributed by atoms with Crippen molar-refractivity contribution < 1.29 is 0 Å². The molecule has 2 heteroatoms. The minimum atomic E-state index is -1.51. The van der Waals surface area contributed by atoms with Crippen LogP contribution in [0.3, 0.4) is 0 Å². The zero-order valence-corrected chi connectivity index (χ0v) is 19.8. The van der Waals surface area contributed by atoms with Crippen molar-refractivity contribution in [3.05, 3.63) is 66.2 Å². The van der Waals surface area contributed by atoms with Gasteiger partial charge in [0.2, 0.25) is 0 Å². The Hall–Kier alpha value is -1.13. The summed E-state index contributed by atoms with van der Waals surface area (Å²) in [6.45, 7) is 15.3. The first-order chi connectivity index (χ1) is 12.2. The lowest BCUT2D eigenvalue weighted by atomic mass is 10.1. The van der Waals surface area contributed by atoms with Gasteiger partial charge in [-0.15, -0.1) is 0 Å². The lowest BCUT2D eigenvalue weighted by molar-refractivity contribution is 0.541. The van der Waals surface area contributed by atoms with Gasteiger partial charge < -0.3 is 0 Å². The highest BCUT2D eigenvalue weighted by molar-refractivity contribution is 7.03. The molecule has 0 bridgehead atoms. The van der Waals surface area contributed by atoms with Crippen molar-refractivity contribution >= 4 is 21.3 Å². The molecular weight excluding hydrogens is 344 g/mol. The number of hydrogen-bond donors (Lipinski definition) is 0. The van der Waals surface area contributed by atoms with Gasteiger partial charge >= 0.3 is 0 Å². The van der Waals surface area contributed by atoms with Crippen molar-refractivity contribution in [3.63, 3.8) is 0 Å². The van der Waals surface area contributed by atoms with Crippen molar-refractivity contribution in [2.75, 3.05) is 0 Å². The predicted molar refractivity (Wildman–Crippen MR) is 124 cm³/mol. The van der Waals surface area contributed by atoms with Crippen LogP contribution in [-0.4, -0.2) is 16.1 Å². The van der Waals surface area contributed by atoms with E-state index < -0.39 is 16.1 Å². The molecule has 26 heavy (non-hydrogen) atoms. The van der Waals surface area contributed by atoms with Crippen molar-refractivity contribution in [1.29, 1.82) is 0 Å². The molecule has 0 amide bonds. The quantitative estimate of drug-likeness (QED) is 0.417. The van der Waals surface area contributed by atoms with Gasteiger partial charge in [-0.25, -0.2) is 0 Å². The van der Waals surface area contributed by atoms with Crippen LogP contribution in [0.5, 0.6) is 0 Å². The molecule has 0 heterocycles. The van der Waals surface area contributed by atoms with E-state index in [9.17, 15) is 0 Å². The summed E-state index contributed by atoms with van der Waals surface area (Å²) in [7, 11) is -2.91. The van der Waals surface area contributed by atoms with E-state index in [4.69, 9.17) is 0 Å². The lowest BCUT2D eigenvalue weighted by Gasteiger charge is -2.43. The van der Waals surface area contributed by atoms with Gasteiger partial charge in [0.15, 0.2) is 0 Å². The molecule has 0 aliphatic heterocycles. The number of hydrogen-bond acceptors (Lipinski definition) is 0. The van der Waals surface area contributed by atoms with E-state index in [1.54, 1.807) is 5.19 Å². The van der Waals surface area contributed by atoms with E-state index in [0.29, 0.717) is 0 Å². The van der Waals surface area contributed by atoms with Gasteiger partial charge in [-0.1, -0.05) is 131 Å². The molecule has 142 valence electrons. The Balaban J connectivity index is 2.29. The molecule has 0 N–H and O–H groups in total. The van der Waals surface area contributed by atoms with Crippen LogP contribution in [0.15, 0.2) is 60.7 Å². The molecule has 2 aromatic rings. The van der Waals surface area contributed by atoms with Gasteiger partial charge in [0.25, 0.3) is 0 Å². The average molecular weight is 383 g/mol. The summed E-state index contributed by atoms with van der Waals surface area (Å²) in [4.78, 5) is 0. The third kappa shape index (κ3) is 5.69. The van der Waals surface area contributed by atoms with Crippen molar-refractivity contribution in [2.45, 2.75) is 70.5 Å². The average Bonchev–Trinajstić information content (AvgIpc) is 2.59. The van der Waals surface area contributed by atoms with E-state index in [2.05, 4.69) is 101 Å². The molecule has 0 radical (unpaired) electrons. The summed E-state index contributed by atoms with van der Waals surface area (Å²) < 4.78 is 0. The Morgan fingerprint density at radius 3 is 1.81 bits per heavy atom. The zero-order valence-electron chi connectivity index (χ0n) is 17.8. The summed E-state index contributed by atoms with van der Waals surface area (Å²) >= 11 is 0. The SMILES string of the molecule is CC(C)CCC[C@H]([Si](C)(C)Cc1ccccc1)[Si](C)(C)c1ccccc1. The number of benzene rings is 2. The molecular formula is C24H38Si2. The van der Waals surface area contributed by atoms with E-state index >= 15 is 0 Å². The molecule has 0 nitrogen and oxygen atoms in total. The fourth-order valence-electron chi connectivity index (χ4n) is 4.77. The molecule has 0 unspecified atom stereocenters. The summed E-state index contributed by atoms with van der Waals surface area (Å²) in [6.07, 6.45) is 4.17. The Morgan fingerprint density at radius 1 is 0.731 bits per heavy atom. The summed E-state index contributed by atoms with van der Waals surface area (Å²) in [6, 6.07) is 23.9. The van der Waals surface area contributed by atoms with Gasteiger partial charge in [0.1, 0.15) is 0 Å². The van der Waals surface area contributed by atoms with E-state index in [1.165, 1.54) is 30.9 Å². The van der Waals surface area contributed by atoms with Crippen LogP contribution in [0.4, 0.5) is 0 Å². The second-order valence-corrected chi connectivity index (χ2v) is 19.9. The molecule has 0 fully saturated rings. The second kappa shape index (κ2) is 9.19. The third-order valence-electron chi connectivity index (χ3n) is 6.11. The fourth-order valence-corrected chi connectivity index (χ4v) is 18.3. The van der Waals surface area contributed by atoms with Crippen LogP contribution in [-0.2, 0) is 6.04 Å². The van der Waals surface area contributed by atoms with Crippen molar-refractivity contribution in [2.24, 2.45) is 5.92 Å². The van der Waals surface area contributed by atoms with Crippen molar-refractivity contribution in [3.8, 4) is 0 Å². The van der Waals surface area contributed by atoms with Crippen molar-refractivity contribution in [1.82, 2.24) is 0 Å². The van der Waals surface area contributed by atoms with Gasteiger partial charge in [-0.2, -0.15) is 0 Å². The smallest absolute Gasteiger partial charge is 0.0691 e. The highest BCUT2D eigenvalue weighted by Gasteiger charge is 2.43. The summed E-state index contributed by atoms with van der Waals surface area (Å²) in [5.74, 6) is 0.816. The summed E-state index contributed by atoms with van der Waals surface area (Å²) in [5.41, 5.74) is 1.54. The van der Waals surface area contributed by atoms with Crippen LogP contribution in [0.1, 0.15) is 38.7 Å². The first-order valence-electron chi connectivity index (χ1n) is 10.3. The largest absolute Gasteiger partial charge is 0.0811 e.